The van der Waals surface area contributed by atoms with Crippen molar-refractivity contribution < 1.29 is 19.1 Å². The van der Waals surface area contributed by atoms with Gasteiger partial charge in [-0.05, 0) is 50.7 Å². The van der Waals surface area contributed by atoms with E-state index in [0.29, 0.717) is 12.3 Å². The maximum absolute atomic E-state index is 12.6. The first kappa shape index (κ1) is 18.8. The zero-order valence-electron chi connectivity index (χ0n) is 15.3. The van der Waals surface area contributed by atoms with Gasteiger partial charge in [-0.2, -0.15) is 0 Å². The number of carbonyl (C=O) groups excluding carboxylic acids is 2. The summed E-state index contributed by atoms with van der Waals surface area (Å²) in [7, 11) is 0. The molecule has 1 N–H and O–H groups in total. The van der Waals surface area contributed by atoms with E-state index in [2.05, 4.69) is 10.2 Å². The van der Waals surface area contributed by atoms with Gasteiger partial charge in [0.05, 0.1) is 38.0 Å². The monoisotopic (exact) mass is 361 g/mol. The molecule has 1 atom stereocenters. The number of carbonyl (C=O) groups is 2. The average molecular weight is 361 g/mol. The molecular weight excluding hydrogens is 334 g/mol. The summed E-state index contributed by atoms with van der Waals surface area (Å²) in [5, 5.41) is 3.24. The van der Waals surface area contributed by atoms with E-state index in [9.17, 15) is 9.59 Å². The molecule has 7 nitrogen and oxygen atoms in total. The Morgan fingerprint density at radius 1 is 1.19 bits per heavy atom. The zero-order valence-corrected chi connectivity index (χ0v) is 15.3. The third kappa shape index (κ3) is 4.60. The van der Waals surface area contributed by atoms with Gasteiger partial charge in [0.15, 0.2) is 0 Å². The molecule has 0 radical (unpaired) electrons. The summed E-state index contributed by atoms with van der Waals surface area (Å²) in [6.07, 6.45) is 1.16. The molecule has 26 heavy (non-hydrogen) atoms. The topological polar surface area (TPSA) is 71.1 Å². The Labute approximate surface area is 154 Å². The first-order valence-corrected chi connectivity index (χ1v) is 9.32. The van der Waals surface area contributed by atoms with Crippen molar-refractivity contribution in [1.82, 2.24) is 10.2 Å². The van der Waals surface area contributed by atoms with Crippen molar-refractivity contribution in [3.05, 3.63) is 24.3 Å². The summed E-state index contributed by atoms with van der Waals surface area (Å²) < 4.78 is 10.7. The quantitative estimate of drug-likeness (QED) is 0.551. The molecule has 0 aliphatic carbocycles. The van der Waals surface area contributed by atoms with Crippen molar-refractivity contribution >= 4 is 17.5 Å². The van der Waals surface area contributed by atoms with Crippen molar-refractivity contribution in [2.24, 2.45) is 0 Å². The normalized spacial score (nSPS) is 21.4. The van der Waals surface area contributed by atoms with Crippen LogP contribution in [0.3, 0.4) is 0 Å². The Morgan fingerprint density at radius 2 is 1.92 bits per heavy atom. The first-order chi connectivity index (χ1) is 12.7. The van der Waals surface area contributed by atoms with Gasteiger partial charge in [-0.15, -0.1) is 0 Å². The zero-order chi connectivity index (χ0) is 18.4. The molecule has 2 fully saturated rings. The molecule has 2 aliphatic heterocycles. The Morgan fingerprint density at radius 3 is 2.62 bits per heavy atom. The summed E-state index contributed by atoms with van der Waals surface area (Å²) >= 11 is 0. The first-order valence-electron chi connectivity index (χ1n) is 9.32. The van der Waals surface area contributed by atoms with Crippen molar-refractivity contribution in [2.75, 3.05) is 50.9 Å². The molecule has 2 amide bonds. The number of rotatable bonds is 8. The van der Waals surface area contributed by atoms with Crippen LogP contribution in [0.5, 0.6) is 5.75 Å². The summed E-state index contributed by atoms with van der Waals surface area (Å²) in [5.41, 5.74) is 0.598. The largest absolute Gasteiger partial charge is 0.494 e. The number of ether oxygens (including phenoxy) is 2. The number of anilines is 1. The van der Waals surface area contributed by atoms with Crippen molar-refractivity contribution in [1.29, 1.82) is 0 Å². The summed E-state index contributed by atoms with van der Waals surface area (Å²) in [6.45, 7) is 7.71. The number of morpholine rings is 1. The second-order valence-corrected chi connectivity index (χ2v) is 6.51. The second kappa shape index (κ2) is 9.12. The van der Waals surface area contributed by atoms with Crippen LogP contribution >= 0.6 is 0 Å². The van der Waals surface area contributed by atoms with Crippen LogP contribution in [0.4, 0.5) is 5.69 Å². The van der Waals surface area contributed by atoms with Gasteiger partial charge >= 0.3 is 0 Å². The highest BCUT2D eigenvalue weighted by molar-refractivity contribution is 6.22. The van der Waals surface area contributed by atoms with E-state index < -0.39 is 6.04 Å². The smallest absolute Gasteiger partial charge is 0.251 e. The minimum absolute atomic E-state index is 0.162. The Bertz CT molecular complexity index is 614. The van der Waals surface area contributed by atoms with E-state index in [1.165, 1.54) is 4.90 Å². The number of hydrogen-bond donors (Lipinski definition) is 1. The lowest BCUT2D eigenvalue weighted by atomic mass is 10.2. The fourth-order valence-electron chi connectivity index (χ4n) is 3.32. The van der Waals surface area contributed by atoms with Crippen LogP contribution in [0.15, 0.2) is 24.3 Å². The molecule has 142 valence electrons. The third-order valence-corrected chi connectivity index (χ3v) is 4.70. The average Bonchev–Trinajstić information content (AvgIpc) is 2.94. The number of nitrogens with zero attached hydrogens (tertiary/aromatic N) is 2. The van der Waals surface area contributed by atoms with Gasteiger partial charge in [0, 0.05) is 13.1 Å². The molecule has 0 aromatic heterocycles. The molecule has 1 aromatic rings. The molecule has 0 bridgehead atoms. The number of benzene rings is 1. The predicted octanol–water partition coefficient (Wildman–Crippen LogP) is 1.03. The summed E-state index contributed by atoms with van der Waals surface area (Å²) in [4.78, 5) is 28.5. The highest BCUT2D eigenvalue weighted by Gasteiger charge is 2.39. The number of hydrogen-bond acceptors (Lipinski definition) is 6. The lowest BCUT2D eigenvalue weighted by Gasteiger charge is -2.26. The number of nitrogens with one attached hydrogen (secondary N) is 1. The highest BCUT2D eigenvalue weighted by Crippen LogP contribution is 2.25. The van der Waals surface area contributed by atoms with Gasteiger partial charge in [0.2, 0.25) is 5.91 Å². The molecule has 2 saturated heterocycles. The molecule has 2 aliphatic rings. The van der Waals surface area contributed by atoms with E-state index >= 15 is 0 Å². The molecule has 7 heteroatoms. The maximum Gasteiger partial charge on any atom is 0.251 e. The van der Waals surface area contributed by atoms with Gasteiger partial charge in [0.1, 0.15) is 5.75 Å². The number of imide groups is 1. The predicted molar refractivity (Wildman–Crippen MR) is 98.4 cm³/mol. The molecule has 1 aromatic carbocycles. The lowest BCUT2D eigenvalue weighted by molar-refractivity contribution is -0.121. The van der Waals surface area contributed by atoms with E-state index in [4.69, 9.17) is 9.47 Å². The fourth-order valence-corrected chi connectivity index (χ4v) is 3.32. The van der Waals surface area contributed by atoms with Crippen LogP contribution < -0.4 is 15.0 Å². The van der Waals surface area contributed by atoms with E-state index in [1.807, 2.05) is 6.92 Å². The summed E-state index contributed by atoms with van der Waals surface area (Å²) in [5.74, 6) is 0.392. The van der Waals surface area contributed by atoms with Crippen molar-refractivity contribution in [2.45, 2.75) is 25.8 Å². The molecule has 0 saturated carbocycles. The van der Waals surface area contributed by atoms with Crippen molar-refractivity contribution in [3.8, 4) is 5.75 Å². The molecule has 3 rings (SSSR count). The van der Waals surface area contributed by atoms with Gasteiger partial charge in [-0.1, -0.05) is 0 Å². The van der Waals surface area contributed by atoms with Gasteiger partial charge < -0.3 is 14.8 Å². The summed E-state index contributed by atoms with van der Waals surface area (Å²) in [6, 6.07) is 6.63. The Kier molecular flexibility index (Phi) is 6.60. The Hall–Kier alpha value is -1.96. The van der Waals surface area contributed by atoms with Crippen LogP contribution in [0.2, 0.25) is 0 Å². The van der Waals surface area contributed by atoms with E-state index in [1.54, 1.807) is 24.3 Å². The van der Waals surface area contributed by atoms with Gasteiger partial charge in [-0.25, -0.2) is 4.90 Å². The third-order valence-electron chi connectivity index (χ3n) is 4.70. The van der Waals surface area contributed by atoms with Crippen LogP contribution in [-0.4, -0.2) is 68.8 Å². The molecule has 0 unspecified atom stereocenters. The highest BCUT2D eigenvalue weighted by atomic mass is 16.5. The van der Waals surface area contributed by atoms with Crippen LogP contribution in [0.25, 0.3) is 0 Å². The fraction of sp³-hybridized carbons (Fsp3) is 0.579. The van der Waals surface area contributed by atoms with Crippen LogP contribution in [-0.2, 0) is 14.3 Å². The molecule has 2 heterocycles. The number of amides is 2. The van der Waals surface area contributed by atoms with E-state index in [0.717, 1.165) is 51.6 Å². The standard InChI is InChI=1S/C19H27N3O4/c1-2-26-16-6-4-15(5-7-16)22-18(23)14-17(19(22)24)20-8-3-9-21-10-12-25-13-11-21/h4-7,17,20H,2-3,8-14H2,1H3/t17-/m1/s1. The van der Waals surface area contributed by atoms with Crippen LogP contribution in [0, 0.1) is 0 Å². The lowest BCUT2D eigenvalue weighted by Crippen LogP contribution is -2.41. The van der Waals surface area contributed by atoms with Gasteiger partial charge in [0.25, 0.3) is 5.91 Å². The molecular formula is C19H27N3O4. The van der Waals surface area contributed by atoms with Gasteiger partial charge in [-0.3, -0.25) is 14.5 Å². The Balaban J connectivity index is 1.48. The van der Waals surface area contributed by atoms with Crippen LogP contribution in [0.1, 0.15) is 19.8 Å². The minimum Gasteiger partial charge on any atom is -0.494 e. The molecule has 0 spiro atoms. The van der Waals surface area contributed by atoms with Crippen molar-refractivity contribution in [3.63, 3.8) is 0 Å². The van der Waals surface area contributed by atoms with E-state index in [-0.39, 0.29) is 18.2 Å². The maximum atomic E-state index is 12.6. The SMILES string of the molecule is CCOc1ccc(N2C(=O)C[C@@H](NCCCN3CCOCC3)C2=O)cc1. The second-order valence-electron chi connectivity index (χ2n) is 6.51. The minimum atomic E-state index is -0.432.